The number of rotatable bonds is 2. The van der Waals surface area contributed by atoms with Crippen LogP contribution >= 0.6 is 0 Å². The molecule has 0 bridgehead atoms. The van der Waals surface area contributed by atoms with Gasteiger partial charge in [-0.15, -0.1) is 0 Å². The van der Waals surface area contributed by atoms with Crippen molar-refractivity contribution in [2.24, 2.45) is 5.73 Å². The molecule has 0 fully saturated rings. The maximum Gasteiger partial charge on any atom is 0.116 e. The van der Waals surface area contributed by atoms with Gasteiger partial charge in [0.05, 0.1) is 18.3 Å². The van der Waals surface area contributed by atoms with Crippen molar-refractivity contribution in [2.45, 2.75) is 32.4 Å². The molecule has 0 saturated heterocycles. The molecule has 0 heterocycles. The van der Waals surface area contributed by atoms with Crippen LogP contribution in [0.3, 0.4) is 0 Å². The number of nitriles is 1. The minimum atomic E-state index is -0.501. The highest BCUT2D eigenvalue weighted by Crippen LogP contribution is 2.05. The molecule has 3 nitrogen and oxygen atoms in total. The summed E-state index contributed by atoms with van der Waals surface area (Å²) in [5.41, 5.74) is 5.09. The second-order valence-corrected chi connectivity index (χ2v) is 3.16. The summed E-state index contributed by atoms with van der Waals surface area (Å²) in [6.45, 7) is 6.09. The Morgan fingerprint density at radius 2 is 2.10 bits per heavy atom. The molecule has 58 valence electrons. The van der Waals surface area contributed by atoms with Crippen LogP contribution < -0.4 is 5.73 Å². The fraction of sp³-hybridized carbons (Fsp3) is 0.857. The third-order valence-corrected chi connectivity index (χ3v) is 0.862. The SMILES string of the molecule is CC(C)(C)OCC(N)C#N. The van der Waals surface area contributed by atoms with E-state index < -0.39 is 6.04 Å². The Morgan fingerprint density at radius 3 is 2.40 bits per heavy atom. The lowest BCUT2D eigenvalue weighted by Gasteiger charge is -2.19. The molecule has 0 aromatic carbocycles. The number of hydrogen-bond donors (Lipinski definition) is 1. The topological polar surface area (TPSA) is 59.0 Å². The molecule has 2 N–H and O–H groups in total. The highest BCUT2D eigenvalue weighted by atomic mass is 16.5. The van der Waals surface area contributed by atoms with E-state index in [-0.39, 0.29) is 5.60 Å². The molecule has 10 heavy (non-hydrogen) atoms. The molecule has 0 radical (unpaired) electrons. The first-order valence-corrected chi connectivity index (χ1v) is 3.25. The van der Waals surface area contributed by atoms with E-state index in [1.807, 2.05) is 26.8 Å². The van der Waals surface area contributed by atoms with Gasteiger partial charge in [-0.3, -0.25) is 0 Å². The Balaban J connectivity index is 3.48. The fourth-order valence-electron chi connectivity index (χ4n) is 0.377. The van der Waals surface area contributed by atoms with Gasteiger partial charge in [-0.25, -0.2) is 0 Å². The lowest BCUT2D eigenvalue weighted by atomic mass is 10.2. The number of hydrogen-bond acceptors (Lipinski definition) is 3. The second-order valence-electron chi connectivity index (χ2n) is 3.16. The molecule has 1 atom stereocenters. The fourth-order valence-corrected chi connectivity index (χ4v) is 0.377. The summed E-state index contributed by atoms with van der Waals surface area (Å²) in [5, 5.41) is 8.28. The Kier molecular flexibility index (Phi) is 3.34. The third-order valence-electron chi connectivity index (χ3n) is 0.862. The molecule has 0 amide bonds. The van der Waals surface area contributed by atoms with Crippen LogP contribution in [0.25, 0.3) is 0 Å². The number of nitrogens with zero attached hydrogens (tertiary/aromatic N) is 1. The van der Waals surface area contributed by atoms with Crippen molar-refractivity contribution in [3.8, 4) is 6.07 Å². The molecule has 0 aliphatic carbocycles. The summed E-state index contributed by atoms with van der Waals surface area (Å²) >= 11 is 0. The van der Waals surface area contributed by atoms with E-state index in [4.69, 9.17) is 15.7 Å². The zero-order valence-electron chi connectivity index (χ0n) is 6.72. The average Bonchev–Trinajstić information content (AvgIpc) is 1.81. The van der Waals surface area contributed by atoms with E-state index in [0.29, 0.717) is 6.61 Å². The van der Waals surface area contributed by atoms with Crippen LogP contribution in [0, 0.1) is 11.3 Å². The Labute approximate surface area is 61.8 Å². The normalized spacial score (nSPS) is 14.3. The van der Waals surface area contributed by atoms with E-state index in [9.17, 15) is 0 Å². The van der Waals surface area contributed by atoms with Gasteiger partial charge in [-0.1, -0.05) is 0 Å². The molecular formula is C7H14N2O. The molecule has 0 aliphatic heterocycles. The summed E-state index contributed by atoms with van der Waals surface area (Å²) in [6.07, 6.45) is 0. The van der Waals surface area contributed by atoms with Crippen molar-refractivity contribution in [3.05, 3.63) is 0 Å². The van der Waals surface area contributed by atoms with Crippen LogP contribution in [-0.4, -0.2) is 18.2 Å². The highest BCUT2D eigenvalue weighted by Gasteiger charge is 2.11. The van der Waals surface area contributed by atoms with Gasteiger partial charge >= 0.3 is 0 Å². The largest absolute Gasteiger partial charge is 0.373 e. The third kappa shape index (κ3) is 5.54. The number of ether oxygens (including phenoxy) is 1. The van der Waals surface area contributed by atoms with Crippen molar-refractivity contribution >= 4 is 0 Å². The predicted octanol–water partition coefficient (Wildman–Crippen LogP) is 0.652. The van der Waals surface area contributed by atoms with Gasteiger partial charge in [0, 0.05) is 0 Å². The van der Waals surface area contributed by atoms with Crippen LogP contribution in [0.15, 0.2) is 0 Å². The summed E-state index contributed by atoms with van der Waals surface area (Å²) in [6, 6.07) is 1.39. The molecule has 0 spiro atoms. The highest BCUT2D eigenvalue weighted by molar-refractivity contribution is 4.86. The van der Waals surface area contributed by atoms with Crippen molar-refractivity contribution < 1.29 is 4.74 Å². The van der Waals surface area contributed by atoms with Crippen LogP contribution in [-0.2, 0) is 4.74 Å². The lowest BCUT2D eigenvalue weighted by Crippen LogP contribution is -2.30. The predicted molar refractivity (Wildman–Crippen MR) is 39.3 cm³/mol. The van der Waals surface area contributed by atoms with Crippen molar-refractivity contribution in [1.82, 2.24) is 0 Å². The molecule has 0 aromatic rings. The monoisotopic (exact) mass is 142 g/mol. The zero-order chi connectivity index (χ0) is 8.20. The first kappa shape index (κ1) is 9.41. The maximum atomic E-state index is 8.28. The standard InChI is InChI=1S/C7H14N2O/c1-7(2,3)10-5-6(9)4-8/h6H,5,9H2,1-3H3. The van der Waals surface area contributed by atoms with Crippen molar-refractivity contribution in [3.63, 3.8) is 0 Å². The maximum absolute atomic E-state index is 8.28. The molecule has 0 aromatic heterocycles. The van der Waals surface area contributed by atoms with E-state index in [1.165, 1.54) is 0 Å². The van der Waals surface area contributed by atoms with Gasteiger partial charge in [0.15, 0.2) is 0 Å². The minimum absolute atomic E-state index is 0.200. The van der Waals surface area contributed by atoms with E-state index in [0.717, 1.165) is 0 Å². The van der Waals surface area contributed by atoms with E-state index >= 15 is 0 Å². The Morgan fingerprint density at radius 1 is 1.60 bits per heavy atom. The van der Waals surface area contributed by atoms with Crippen LogP contribution in [0.2, 0.25) is 0 Å². The van der Waals surface area contributed by atoms with Gasteiger partial charge in [-0.05, 0) is 20.8 Å². The molecule has 0 rings (SSSR count). The van der Waals surface area contributed by atoms with Crippen molar-refractivity contribution in [1.29, 1.82) is 5.26 Å². The Bertz CT molecular complexity index is 132. The van der Waals surface area contributed by atoms with Crippen LogP contribution in [0.5, 0.6) is 0 Å². The average molecular weight is 142 g/mol. The Hall–Kier alpha value is -0.590. The lowest BCUT2D eigenvalue weighted by molar-refractivity contribution is -0.00444. The summed E-state index contributed by atoms with van der Waals surface area (Å²) in [4.78, 5) is 0. The summed E-state index contributed by atoms with van der Waals surface area (Å²) in [7, 11) is 0. The second kappa shape index (κ2) is 3.55. The molecular weight excluding hydrogens is 128 g/mol. The molecule has 1 unspecified atom stereocenters. The van der Waals surface area contributed by atoms with Gasteiger partial charge in [0.2, 0.25) is 0 Å². The van der Waals surface area contributed by atoms with Gasteiger partial charge in [0.1, 0.15) is 6.04 Å². The zero-order valence-corrected chi connectivity index (χ0v) is 6.72. The minimum Gasteiger partial charge on any atom is -0.373 e. The smallest absolute Gasteiger partial charge is 0.116 e. The van der Waals surface area contributed by atoms with Crippen LogP contribution in [0.1, 0.15) is 20.8 Å². The van der Waals surface area contributed by atoms with Crippen LogP contribution in [0.4, 0.5) is 0 Å². The molecule has 0 saturated carbocycles. The summed E-state index contributed by atoms with van der Waals surface area (Å²) in [5.74, 6) is 0. The number of nitrogens with two attached hydrogens (primary N) is 1. The van der Waals surface area contributed by atoms with E-state index in [1.54, 1.807) is 0 Å². The van der Waals surface area contributed by atoms with Gasteiger partial charge in [-0.2, -0.15) is 5.26 Å². The summed E-state index contributed by atoms with van der Waals surface area (Å²) < 4.78 is 5.23. The first-order chi connectivity index (χ1) is 4.45. The van der Waals surface area contributed by atoms with Crippen molar-refractivity contribution in [2.75, 3.05) is 6.61 Å². The first-order valence-electron chi connectivity index (χ1n) is 3.25. The quantitative estimate of drug-likeness (QED) is 0.616. The van der Waals surface area contributed by atoms with Gasteiger partial charge in [0.25, 0.3) is 0 Å². The molecule has 3 heteroatoms. The van der Waals surface area contributed by atoms with Gasteiger partial charge < -0.3 is 10.5 Å². The molecule has 0 aliphatic rings. The van der Waals surface area contributed by atoms with E-state index in [2.05, 4.69) is 0 Å².